The van der Waals surface area contributed by atoms with Crippen molar-refractivity contribution in [3.63, 3.8) is 0 Å². The molecular weight excluding hydrogens is 226 g/mol. The quantitative estimate of drug-likeness (QED) is 0.804. The normalized spacial score (nSPS) is 9.94. The summed E-state index contributed by atoms with van der Waals surface area (Å²) in [7, 11) is 1.37. The minimum Gasteiger partial charge on any atom is -0.452 e. The van der Waals surface area contributed by atoms with Crippen LogP contribution in [0.3, 0.4) is 0 Å². The Morgan fingerprint density at radius 2 is 2.12 bits per heavy atom. The van der Waals surface area contributed by atoms with Gasteiger partial charge in [-0.3, -0.25) is 4.90 Å². The Hall–Kier alpha value is -1.22. The zero-order chi connectivity index (χ0) is 12.0. The summed E-state index contributed by atoms with van der Waals surface area (Å²) in [5, 5.41) is 0.559. The molecular formula is C12H16ClNO2. The monoisotopic (exact) mass is 241 g/mol. The Bertz CT molecular complexity index is 355. The fourth-order valence-corrected chi connectivity index (χ4v) is 1.64. The molecule has 0 spiro atoms. The number of hydrogen-bond donors (Lipinski definition) is 0. The van der Waals surface area contributed by atoms with Gasteiger partial charge >= 0.3 is 6.09 Å². The number of carbonyl (C=O) groups excluding carboxylic acids is 1. The Morgan fingerprint density at radius 3 is 2.69 bits per heavy atom. The maximum absolute atomic E-state index is 11.6. The number of anilines is 1. The summed E-state index contributed by atoms with van der Waals surface area (Å²) in [5.74, 6) is 0. The summed E-state index contributed by atoms with van der Waals surface area (Å²) >= 11 is 6.05. The van der Waals surface area contributed by atoms with Crippen molar-refractivity contribution in [3.05, 3.63) is 29.3 Å². The van der Waals surface area contributed by atoms with Crippen LogP contribution >= 0.6 is 11.6 Å². The molecule has 0 radical (unpaired) electrons. The van der Waals surface area contributed by atoms with Gasteiger partial charge in [0.05, 0.1) is 17.8 Å². The Balaban J connectivity index is 2.92. The highest BCUT2D eigenvalue weighted by atomic mass is 35.5. The first-order valence-electron chi connectivity index (χ1n) is 5.30. The van der Waals surface area contributed by atoms with Gasteiger partial charge in [-0.2, -0.15) is 0 Å². The molecule has 1 aromatic rings. The largest absolute Gasteiger partial charge is 0.452 e. The van der Waals surface area contributed by atoms with Crippen molar-refractivity contribution < 1.29 is 9.53 Å². The summed E-state index contributed by atoms with van der Waals surface area (Å²) in [6.07, 6.45) is 1.56. The fraction of sp³-hybridized carbons (Fsp3) is 0.417. The van der Waals surface area contributed by atoms with E-state index in [1.807, 2.05) is 18.2 Å². The van der Waals surface area contributed by atoms with E-state index in [9.17, 15) is 4.79 Å². The van der Waals surface area contributed by atoms with Gasteiger partial charge in [-0.15, -0.1) is 0 Å². The summed E-state index contributed by atoms with van der Waals surface area (Å²) in [6.45, 7) is 2.69. The lowest BCUT2D eigenvalue weighted by atomic mass is 10.2. The number of rotatable bonds is 4. The van der Waals surface area contributed by atoms with E-state index in [2.05, 4.69) is 6.92 Å². The number of unbranched alkanes of at least 4 members (excludes halogenated alkanes) is 1. The summed E-state index contributed by atoms with van der Waals surface area (Å²) in [6, 6.07) is 7.26. The third-order valence-corrected chi connectivity index (χ3v) is 2.59. The maximum atomic E-state index is 11.6. The smallest absolute Gasteiger partial charge is 0.414 e. The van der Waals surface area contributed by atoms with Crippen molar-refractivity contribution in [2.75, 3.05) is 18.6 Å². The highest BCUT2D eigenvalue weighted by molar-refractivity contribution is 6.33. The molecule has 0 unspecified atom stereocenters. The molecule has 0 N–H and O–H groups in total. The number of hydrogen-bond acceptors (Lipinski definition) is 2. The van der Waals surface area contributed by atoms with Crippen molar-refractivity contribution in [1.29, 1.82) is 0 Å². The van der Waals surface area contributed by atoms with E-state index in [4.69, 9.17) is 16.3 Å². The Morgan fingerprint density at radius 1 is 1.44 bits per heavy atom. The number of nitrogens with zero attached hydrogens (tertiary/aromatic N) is 1. The average Bonchev–Trinajstić information content (AvgIpc) is 2.31. The van der Waals surface area contributed by atoms with Gasteiger partial charge in [0.2, 0.25) is 0 Å². The van der Waals surface area contributed by atoms with Crippen LogP contribution in [-0.2, 0) is 4.74 Å². The number of amides is 1. The van der Waals surface area contributed by atoms with Crippen LogP contribution in [0.25, 0.3) is 0 Å². The molecule has 0 saturated heterocycles. The SMILES string of the molecule is CCCCN(C(=O)OC)c1ccccc1Cl. The van der Waals surface area contributed by atoms with Crippen molar-refractivity contribution in [2.45, 2.75) is 19.8 Å². The van der Waals surface area contributed by atoms with E-state index in [-0.39, 0.29) is 6.09 Å². The minimum absolute atomic E-state index is 0.374. The summed E-state index contributed by atoms with van der Waals surface area (Å²) in [5.41, 5.74) is 0.699. The van der Waals surface area contributed by atoms with Crippen LogP contribution < -0.4 is 4.90 Å². The molecule has 0 aliphatic rings. The highest BCUT2D eigenvalue weighted by Gasteiger charge is 2.17. The zero-order valence-corrected chi connectivity index (χ0v) is 10.3. The molecule has 0 aliphatic heterocycles. The molecule has 0 atom stereocenters. The third kappa shape index (κ3) is 3.14. The number of ether oxygens (including phenoxy) is 1. The van der Waals surface area contributed by atoms with Gasteiger partial charge in [0.15, 0.2) is 0 Å². The predicted molar refractivity (Wildman–Crippen MR) is 66.1 cm³/mol. The molecule has 0 aliphatic carbocycles. The van der Waals surface area contributed by atoms with E-state index in [0.29, 0.717) is 17.3 Å². The van der Waals surface area contributed by atoms with Crippen molar-refractivity contribution in [3.8, 4) is 0 Å². The van der Waals surface area contributed by atoms with Crippen LogP contribution in [0.5, 0.6) is 0 Å². The fourth-order valence-electron chi connectivity index (χ4n) is 1.41. The van der Waals surface area contributed by atoms with Gasteiger partial charge in [0, 0.05) is 6.54 Å². The maximum Gasteiger partial charge on any atom is 0.414 e. The van der Waals surface area contributed by atoms with Crippen LogP contribution in [-0.4, -0.2) is 19.7 Å². The van der Waals surface area contributed by atoms with Crippen molar-refractivity contribution in [1.82, 2.24) is 0 Å². The van der Waals surface area contributed by atoms with E-state index in [1.54, 1.807) is 11.0 Å². The van der Waals surface area contributed by atoms with Crippen molar-refractivity contribution >= 4 is 23.4 Å². The second-order valence-electron chi connectivity index (χ2n) is 3.43. The molecule has 3 nitrogen and oxygen atoms in total. The number of methoxy groups -OCH3 is 1. The van der Waals surface area contributed by atoms with Gasteiger partial charge in [-0.25, -0.2) is 4.79 Å². The molecule has 88 valence electrons. The molecule has 4 heteroatoms. The molecule has 0 saturated carbocycles. The zero-order valence-electron chi connectivity index (χ0n) is 9.57. The lowest BCUT2D eigenvalue weighted by Crippen LogP contribution is -2.31. The molecule has 0 aromatic heterocycles. The van der Waals surface area contributed by atoms with Crippen LogP contribution in [0.4, 0.5) is 10.5 Å². The number of benzene rings is 1. The van der Waals surface area contributed by atoms with Gasteiger partial charge in [-0.05, 0) is 18.6 Å². The van der Waals surface area contributed by atoms with Gasteiger partial charge < -0.3 is 4.74 Å². The van der Waals surface area contributed by atoms with Crippen LogP contribution in [0.15, 0.2) is 24.3 Å². The van der Waals surface area contributed by atoms with Crippen LogP contribution in [0.1, 0.15) is 19.8 Å². The van der Waals surface area contributed by atoms with Gasteiger partial charge in [-0.1, -0.05) is 37.1 Å². The second kappa shape index (κ2) is 6.38. The average molecular weight is 242 g/mol. The second-order valence-corrected chi connectivity index (χ2v) is 3.83. The molecule has 0 bridgehead atoms. The van der Waals surface area contributed by atoms with E-state index in [0.717, 1.165) is 12.8 Å². The van der Waals surface area contributed by atoms with Crippen LogP contribution in [0.2, 0.25) is 5.02 Å². The third-order valence-electron chi connectivity index (χ3n) is 2.27. The van der Waals surface area contributed by atoms with Crippen molar-refractivity contribution in [2.24, 2.45) is 0 Å². The van der Waals surface area contributed by atoms with Gasteiger partial charge in [0.1, 0.15) is 0 Å². The highest BCUT2D eigenvalue weighted by Crippen LogP contribution is 2.25. The lowest BCUT2D eigenvalue weighted by molar-refractivity contribution is 0.178. The summed E-state index contributed by atoms with van der Waals surface area (Å²) in [4.78, 5) is 13.2. The first kappa shape index (κ1) is 12.8. The first-order valence-corrected chi connectivity index (χ1v) is 5.68. The van der Waals surface area contributed by atoms with E-state index in [1.165, 1.54) is 7.11 Å². The van der Waals surface area contributed by atoms with Gasteiger partial charge in [0.25, 0.3) is 0 Å². The number of para-hydroxylation sites is 1. The van der Waals surface area contributed by atoms with E-state index >= 15 is 0 Å². The topological polar surface area (TPSA) is 29.5 Å². The minimum atomic E-state index is -0.374. The molecule has 1 aromatic carbocycles. The van der Waals surface area contributed by atoms with Crippen LogP contribution in [0, 0.1) is 0 Å². The summed E-state index contributed by atoms with van der Waals surface area (Å²) < 4.78 is 4.75. The Kier molecular flexibility index (Phi) is 5.12. The number of carbonyl (C=O) groups is 1. The number of halogens is 1. The molecule has 16 heavy (non-hydrogen) atoms. The standard InChI is InChI=1S/C12H16ClNO2/c1-3-4-9-14(12(15)16-2)11-8-6-5-7-10(11)13/h5-8H,3-4,9H2,1-2H3. The molecule has 0 heterocycles. The molecule has 0 fully saturated rings. The molecule has 1 rings (SSSR count). The molecule has 1 amide bonds. The van der Waals surface area contributed by atoms with E-state index < -0.39 is 0 Å². The predicted octanol–water partition coefficient (Wildman–Crippen LogP) is 3.71. The first-order chi connectivity index (χ1) is 7.70. The lowest BCUT2D eigenvalue weighted by Gasteiger charge is -2.21. The Labute approximate surface area is 101 Å².